The van der Waals surface area contributed by atoms with Gasteiger partial charge in [0, 0.05) is 0 Å². The summed E-state index contributed by atoms with van der Waals surface area (Å²) in [6.07, 6.45) is -1.47. The summed E-state index contributed by atoms with van der Waals surface area (Å²) in [7, 11) is -3.67. The first-order valence-electron chi connectivity index (χ1n) is 4.49. The minimum Gasteiger partial charge on any atom is -0.391 e. The smallest absolute Gasteiger partial charge is 0.180 e. The van der Waals surface area contributed by atoms with Crippen molar-refractivity contribution >= 4 is 9.84 Å². The maximum atomic E-state index is 12.6. The van der Waals surface area contributed by atoms with Gasteiger partial charge >= 0.3 is 0 Å². The molecule has 0 spiro atoms. The minimum atomic E-state index is -3.67. The van der Waals surface area contributed by atoms with Crippen LogP contribution in [0, 0.1) is 17.1 Å². The predicted octanol–water partition coefficient (Wildman–Crippen LogP) is 0.874. The molecule has 0 saturated heterocycles. The van der Waals surface area contributed by atoms with Gasteiger partial charge in [-0.25, -0.2) is 12.8 Å². The van der Waals surface area contributed by atoms with Crippen LogP contribution in [0.5, 0.6) is 0 Å². The van der Waals surface area contributed by atoms with Gasteiger partial charge in [-0.1, -0.05) is 0 Å². The number of aliphatic hydroxyl groups excluding tert-OH is 1. The maximum Gasteiger partial charge on any atom is 0.180 e. The third kappa shape index (κ3) is 3.29. The number of nitrogens with zero attached hydrogens (tertiary/aromatic N) is 1. The molecule has 16 heavy (non-hydrogen) atoms. The molecular formula is C10H10FNO3S. The zero-order valence-electron chi connectivity index (χ0n) is 8.30. The number of benzene rings is 1. The molecule has 1 rings (SSSR count). The van der Waals surface area contributed by atoms with Crippen LogP contribution in [0.15, 0.2) is 29.2 Å². The number of halogens is 1. The van der Waals surface area contributed by atoms with Crippen LogP contribution in [-0.2, 0) is 9.84 Å². The fourth-order valence-corrected chi connectivity index (χ4v) is 2.52. The summed E-state index contributed by atoms with van der Waals surface area (Å²) in [6, 6.07) is 6.00. The Balaban J connectivity index is 2.87. The third-order valence-electron chi connectivity index (χ3n) is 1.91. The maximum absolute atomic E-state index is 12.6. The average molecular weight is 243 g/mol. The molecule has 1 unspecified atom stereocenters. The lowest BCUT2D eigenvalue weighted by Crippen LogP contribution is -2.20. The van der Waals surface area contributed by atoms with Gasteiger partial charge in [0.2, 0.25) is 0 Å². The van der Waals surface area contributed by atoms with Crippen molar-refractivity contribution < 1.29 is 17.9 Å². The quantitative estimate of drug-likeness (QED) is 0.796. The molecular weight excluding hydrogens is 233 g/mol. The second-order valence-electron chi connectivity index (χ2n) is 3.25. The summed E-state index contributed by atoms with van der Waals surface area (Å²) in [5.74, 6) is -1.07. The Kier molecular flexibility index (Phi) is 3.99. The Morgan fingerprint density at radius 1 is 1.38 bits per heavy atom. The van der Waals surface area contributed by atoms with Gasteiger partial charge in [0.25, 0.3) is 0 Å². The third-order valence-corrected chi connectivity index (χ3v) is 3.73. The van der Waals surface area contributed by atoms with Gasteiger partial charge in [0.1, 0.15) is 5.82 Å². The Morgan fingerprint density at radius 2 is 1.94 bits per heavy atom. The van der Waals surface area contributed by atoms with E-state index in [9.17, 15) is 17.9 Å². The normalized spacial score (nSPS) is 13.1. The van der Waals surface area contributed by atoms with Gasteiger partial charge < -0.3 is 5.11 Å². The molecule has 0 aromatic heterocycles. The van der Waals surface area contributed by atoms with Gasteiger partial charge in [0.05, 0.1) is 29.2 Å². The van der Waals surface area contributed by atoms with Crippen molar-refractivity contribution in [2.75, 3.05) is 5.75 Å². The van der Waals surface area contributed by atoms with Crippen LogP contribution in [0.2, 0.25) is 0 Å². The van der Waals surface area contributed by atoms with Crippen molar-refractivity contribution in [2.45, 2.75) is 17.4 Å². The average Bonchev–Trinajstić information content (AvgIpc) is 2.17. The van der Waals surface area contributed by atoms with Crippen molar-refractivity contribution in [3.05, 3.63) is 30.1 Å². The van der Waals surface area contributed by atoms with E-state index in [4.69, 9.17) is 5.26 Å². The van der Waals surface area contributed by atoms with E-state index in [1.54, 1.807) is 6.07 Å². The molecule has 0 heterocycles. The van der Waals surface area contributed by atoms with Crippen LogP contribution in [-0.4, -0.2) is 25.4 Å². The van der Waals surface area contributed by atoms with Gasteiger partial charge in [-0.2, -0.15) is 5.26 Å². The summed E-state index contributed by atoms with van der Waals surface area (Å²) in [5, 5.41) is 17.5. The first kappa shape index (κ1) is 12.6. The molecule has 0 radical (unpaired) electrons. The van der Waals surface area contributed by atoms with Crippen LogP contribution in [0.3, 0.4) is 0 Å². The molecule has 4 nitrogen and oxygen atoms in total. The van der Waals surface area contributed by atoms with Crippen molar-refractivity contribution in [3.63, 3.8) is 0 Å². The van der Waals surface area contributed by atoms with Crippen molar-refractivity contribution in [2.24, 2.45) is 0 Å². The number of hydrogen-bond donors (Lipinski definition) is 1. The molecule has 1 aromatic rings. The van der Waals surface area contributed by atoms with Crippen LogP contribution >= 0.6 is 0 Å². The first-order valence-corrected chi connectivity index (χ1v) is 6.14. The van der Waals surface area contributed by atoms with E-state index in [-0.39, 0.29) is 11.3 Å². The Morgan fingerprint density at radius 3 is 2.44 bits per heavy atom. The van der Waals surface area contributed by atoms with Crippen LogP contribution in [0.4, 0.5) is 4.39 Å². The molecule has 0 amide bonds. The number of rotatable bonds is 4. The molecule has 1 N–H and O–H groups in total. The van der Waals surface area contributed by atoms with E-state index in [0.717, 1.165) is 24.3 Å². The fourth-order valence-electron chi connectivity index (χ4n) is 1.16. The van der Waals surface area contributed by atoms with Crippen molar-refractivity contribution in [1.82, 2.24) is 0 Å². The largest absolute Gasteiger partial charge is 0.391 e. The SMILES string of the molecule is N#CCC(O)CS(=O)(=O)c1ccc(F)cc1. The zero-order valence-corrected chi connectivity index (χ0v) is 9.11. The fraction of sp³-hybridized carbons (Fsp3) is 0.300. The molecule has 0 aliphatic heterocycles. The van der Waals surface area contributed by atoms with Crippen molar-refractivity contribution in [1.29, 1.82) is 5.26 Å². The van der Waals surface area contributed by atoms with E-state index in [1.807, 2.05) is 0 Å². The van der Waals surface area contributed by atoms with Crippen LogP contribution in [0.1, 0.15) is 6.42 Å². The predicted molar refractivity (Wildman–Crippen MR) is 54.7 cm³/mol. The topological polar surface area (TPSA) is 78.2 Å². The molecule has 86 valence electrons. The highest BCUT2D eigenvalue weighted by molar-refractivity contribution is 7.91. The Bertz CT molecular complexity index is 490. The Hall–Kier alpha value is -1.45. The summed E-state index contributed by atoms with van der Waals surface area (Å²) in [4.78, 5) is -0.0640. The van der Waals surface area contributed by atoms with Crippen LogP contribution in [0.25, 0.3) is 0 Å². The van der Waals surface area contributed by atoms with Gasteiger partial charge in [0.15, 0.2) is 9.84 Å². The first-order chi connectivity index (χ1) is 7.45. The highest BCUT2D eigenvalue weighted by Gasteiger charge is 2.19. The van der Waals surface area contributed by atoms with E-state index >= 15 is 0 Å². The number of hydrogen-bond acceptors (Lipinski definition) is 4. The van der Waals surface area contributed by atoms with Gasteiger partial charge in [-0.15, -0.1) is 0 Å². The molecule has 6 heteroatoms. The van der Waals surface area contributed by atoms with Crippen LogP contribution < -0.4 is 0 Å². The minimum absolute atomic E-state index is 0.0640. The highest BCUT2D eigenvalue weighted by Crippen LogP contribution is 2.13. The Labute approximate surface area is 92.9 Å². The van der Waals surface area contributed by atoms with Crippen molar-refractivity contribution in [3.8, 4) is 6.07 Å². The monoisotopic (exact) mass is 243 g/mol. The van der Waals surface area contributed by atoms with E-state index in [1.165, 1.54) is 0 Å². The lowest BCUT2D eigenvalue weighted by atomic mass is 10.3. The summed E-state index contributed by atoms with van der Waals surface area (Å²) in [5.41, 5.74) is 0. The van der Waals surface area contributed by atoms with Gasteiger partial charge in [-0.3, -0.25) is 0 Å². The van der Waals surface area contributed by atoms with E-state index in [2.05, 4.69) is 0 Å². The van der Waals surface area contributed by atoms with E-state index < -0.39 is 27.5 Å². The summed E-state index contributed by atoms with van der Waals surface area (Å²) in [6.45, 7) is 0. The zero-order chi connectivity index (χ0) is 12.2. The van der Waals surface area contributed by atoms with Gasteiger partial charge in [-0.05, 0) is 24.3 Å². The second kappa shape index (κ2) is 5.05. The lowest BCUT2D eigenvalue weighted by molar-refractivity contribution is 0.202. The lowest BCUT2D eigenvalue weighted by Gasteiger charge is -2.07. The van der Waals surface area contributed by atoms with E-state index in [0.29, 0.717) is 0 Å². The summed E-state index contributed by atoms with van der Waals surface area (Å²) < 4.78 is 35.8. The molecule has 0 aliphatic rings. The molecule has 0 fully saturated rings. The molecule has 0 saturated carbocycles. The number of sulfone groups is 1. The molecule has 0 bridgehead atoms. The second-order valence-corrected chi connectivity index (χ2v) is 5.29. The standard InChI is InChI=1S/C10H10FNO3S/c11-8-1-3-10(4-2-8)16(14,15)7-9(13)5-6-12/h1-4,9,13H,5,7H2. The molecule has 1 atom stereocenters. The summed E-state index contributed by atoms with van der Waals surface area (Å²) >= 11 is 0. The highest BCUT2D eigenvalue weighted by atomic mass is 32.2. The number of nitriles is 1. The number of aliphatic hydroxyl groups is 1. The molecule has 0 aliphatic carbocycles. The molecule has 1 aromatic carbocycles.